The van der Waals surface area contributed by atoms with Crippen molar-refractivity contribution in [3.05, 3.63) is 53.1 Å². The van der Waals surface area contributed by atoms with Crippen molar-refractivity contribution in [1.29, 1.82) is 0 Å². The number of hydrogen-bond donors (Lipinski definition) is 1. The molecule has 3 rings (SSSR count). The fourth-order valence-corrected chi connectivity index (χ4v) is 4.27. The van der Waals surface area contributed by atoms with Crippen LogP contribution in [0.3, 0.4) is 0 Å². The summed E-state index contributed by atoms with van der Waals surface area (Å²) in [7, 11) is -4.10. The van der Waals surface area contributed by atoms with Gasteiger partial charge in [-0.05, 0) is 42.9 Å². The third-order valence-electron chi connectivity index (χ3n) is 4.56. The fourth-order valence-electron chi connectivity index (χ4n) is 3.02. The normalized spacial score (nSPS) is 15.8. The van der Waals surface area contributed by atoms with E-state index in [2.05, 4.69) is 21.4 Å². The van der Waals surface area contributed by atoms with Crippen molar-refractivity contribution in [2.75, 3.05) is 42.3 Å². The number of likely N-dealkylation sites (N-methyl/N-ethyl adjacent to an activating group) is 1. The summed E-state index contributed by atoms with van der Waals surface area (Å²) < 4.78 is 54.3. The molecule has 1 N–H and O–H groups in total. The van der Waals surface area contributed by atoms with Gasteiger partial charge >= 0.3 is 0 Å². The predicted octanol–water partition coefficient (Wildman–Crippen LogP) is 3.56. The Morgan fingerprint density at radius 1 is 1.04 bits per heavy atom. The molecule has 0 radical (unpaired) electrons. The lowest BCUT2D eigenvalue weighted by Gasteiger charge is -2.36. The Morgan fingerprint density at radius 2 is 1.74 bits per heavy atom. The summed E-state index contributed by atoms with van der Waals surface area (Å²) in [5.41, 5.74) is 0.999. The second-order valence-corrected chi connectivity index (χ2v) is 8.38. The Labute approximate surface area is 162 Å². The molecule has 9 heteroatoms. The van der Waals surface area contributed by atoms with Gasteiger partial charge < -0.3 is 9.80 Å². The number of nitrogens with zero attached hydrogens (tertiary/aromatic N) is 2. The van der Waals surface area contributed by atoms with Gasteiger partial charge in [0.1, 0.15) is 0 Å². The van der Waals surface area contributed by atoms with Gasteiger partial charge in [0, 0.05) is 31.2 Å². The summed E-state index contributed by atoms with van der Waals surface area (Å²) in [4.78, 5) is 4.02. The summed E-state index contributed by atoms with van der Waals surface area (Å²) in [6, 6.07) is 7.42. The van der Waals surface area contributed by atoms with Crippen LogP contribution in [0.4, 0.5) is 20.2 Å². The molecule has 0 unspecified atom stereocenters. The van der Waals surface area contributed by atoms with E-state index in [4.69, 9.17) is 11.6 Å². The molecule has 0 atom stereocenters. The number of halogens is 3. The van der Waals surface area contributed by atoms with E-state index < -0.39 is 21.7 Å². The van der Waals surface area contributed by atoms with E-state index in [1.54, 1.807) is 12.1 Å². The van der Waals surface area contributed by atoms with Gasteiger partial charge in [0.2, 0.25) is 0 Å². The van der Waals surface area contributed by atoms with Gasteiger partial charge in [0.15, 0.2) is 11.6 Å². The third kappa shape index (κ3) is 4.51. The van der Waals surface area contributed by atoms with E-state index in [0.29, 0.717) is 22.5 Å². The number of benzene rings is 2. The Kier molecular flexibility index (Phi) is 5.88. The van der Waals surface area contributed by atoms with Crippen LogP contribution in [0.1, 0.15) is 6.92 Å². The van der Waals surface area contributed by atoms with E-state index in [1.807, 2.05) is 0 Å². The number of rotatable bonds is 5. The largest absolute Gasteiger partial charge is 0.367 e. The Balaban J connectivity index is 1.90. The van der Waals surface area contributed by atoms with Gasteiger partial charge in [0.25, 0.3) is 10.0 Å². The van der Waals surface area contributed by atoms with Crippen LogP contribution in [-0.2, 0) is 10.0 Å². The van der Waals surface area contributed by atoms with Crippen LogP contribution in [0.25, 0.3) is 0 Å². The molecule has 0 aliphatic carbocycles. The highest BCUT2D eigenvalue weighted by Gasteiger charge is 2.22. The van der Waals surface area contributed by atoms with Gasteiger partial charge in [0.05, 0.1) is 16.3 Å². The van der Waals surface area contributed by atoms with Crippen LogP contribution in [0.2, 0.25) is 5.02 Å². The van der Waals surface area contributed by atoms with Crippen molar-refractivity contribution in [3.63, 3.8) is 0 Å². The van der Waals surface area contributed by atoms with Crippen molar-refractivity contribution in [2.45, 2.75) is 11.8 Å². The van der Waals surface area contributed by atoms with Crippen molar-refractivity contribution >= 4 is 33.0 Å². The van der Waals surface area contributed by atoms with Crippen LogP contribution in [0, 0.1) is 11.6 Å². The lowest BCUT2D eigenvalue weighted by molar-refractivity contribution is 0.271. The lowest BCUT2D eigenvalue weighted by atomic mass is 10.2. The number of nitrogens with one attached hydrogen (secondary N) is 1. The van der Waals surface area contributed by atoms with E-state index in [1.165, 1.54) is 6.07 Å². The molecule has 0 spiro atoms. The minimum Gasteiger partial charge on any atom is -0.367 e. The minimum absolute atomic E-state index is 0.303. The summed E-state index contributed by atoms with van der Waals surface area (Å²) in [5, 5.41) is 0.369. The van der Waals surface area contributed by atoms with E-state index in [0.717, 1.165) is 44.9 Å². The van der Waals surface area contributed by atoms with Gasteiger partial charge in [-0.25, -0.2) is 17.2 Å². The van der Waals surface area contributed by atoms with Crippen LogP contribution >= 0.6 is 11.6 Å². The molecule has 0 saturated carbocycles. The topological polar surface area (TPSA) is 52.6 Å². The standard InChI is InChI=1S/C18H20ClF2N3O2S/c1-2-23-7-9-24(10-8-23)18-6-3-13(19)11-17(18)22-27(25,26)14-4-5-15(20)16(21)12-14/h3-6,11-12,22H,2,7-10H2,1H3. The minimum atomic E-state index is -4.10. The molecule has 1 fully saturated rings. The molecule has 0 amide bonds. The van der Waals surface area contributed by atoms with Crippen molar-refractivity contribution < 1.29 is 17.2 Å². The van der Waals surface area contributed by atoms with Gasteiger partial charge in [-0.1, -0.05) is 18.5 Å². The average Bonchev–Trinajstić information content (AvgIpc) is 2.64. The quantitative estimate of drug-likeness (QED) is 0.811. The summed E-state index contributed by atoms with van der Waals surface area (Å²) in [6.45, 7) is 6.29. The summed E-state index contributed by atoms with van der Waals surface area (Å²) in [6.07, 6.45) is 0. The number of sulfonamides is 1. The maximum atomic E-state index is 13.5. The molecule has 0 bridgehead atoms. The van der Waals surface area contributed by atoms with Crippen LogP contribution in [0.15, 0.2) is 41.3 Å². The SMILES string of the molecule is CCN1CCN(c2ccc(Cl)cc2NS(=O)(=O)c2ccc(F)c(F)c2)CC1. The van der Waals surface area contributed by atoms with Gasteiger partial charge in [-0.2, -0.15) is 0 Å². The molecule has 2 aromatic rings. The molecule has 1 aliphatic rings. The van der Waals surface area contributed by atoms with Crippen LogP contribution < -0.4 is 9.62 Å². The zero-order valence-corrected chi connectivity index (χ0v) is 16.3. The van der Waals surface area contributed by atoms with E-state index in [-0.39, 0.29) is 4.90 Å². The molecule has 1 heterocycles. The second-order valence-electron chi connectivity index (χ2n) is 6.26. The van der Waals surface area contributed by atoms with Gasteiger partial charge in [-0.3, -0.25) is 4.72 Å². The van der Waals surface area contributed by atoms with Crippen molar-refractivity contribution in [3.8, 4) is 0 Å². The first kappa shape index (κ1) is 19.9. The predicted molar refractivity (Wildman–Crippen MR) is 103 cm³/mol. The van der Waals surface area contributed by atoms with Crippen molar-refractivity contribution in [1.82, 2.24) is 4.90 Å². The van der Waals surface area contributed by atoms with Crippen LogP contribution in [-0.4, -0.2) is 46.0 Å². The van der Waals surface area contributed by atoms with E-state index >= 15 is 0 Å². The molecule has 1 aliphatic heterocycles. The molecule has 5 nitrogen and oxygen atoms in total. The lowest BCUT2D eigenvalue weighted by Crippen LogP contribution is -2.46. The zero-order valence-electron chi connectivity index (χ0n) is 14.8. The molecular formula is C18H20ClF2N3O2S. The molecular weight excluding hydrogens is 396 g/mol. The van der Waals surface area contributed by atoms with Crippen molar-refractivity contribution in [2.24, 2.45) is 0 Å². The smallest absolute Gasteiger partial charge is 0.262 e. The third-order valence-corrected chi connectivity index (χ3v) is 6.16. The maximum absolute atomic E-state index is 13.5. The Morgan fingerprint density at radius 3 is 2.37 bits per heavy atom. The van der Waals surface area contributed by atoms with E-state index in [9.17, 15) is 17.2 Å². The fraction of sp³-hybridized carbons (Fsp3) is 0.333. The molecule has 1 saturated heterocycles. The molecule has 2 aromatic carbocycles. The Hall–Kier alpha value is -1.90. The maximum Gasteiger partial charge on any atom is 0.262 e. The first-order valence-electron chi connectivity index (χ1n) is 8.55. The first-order chi connectivity index (χ1) is 12.8. The zero-order chi connectivity index (χ0) is 19.6. The molecule has 0 aromatic heterocycles. The molecule has 146 valence electrons. The number of hydrogen-bond acceptors (Lipinski definition) is 4. The highest BCUT2D eigenvalue weighted by atomic mass is 35.5. The highest BCUT2D eigenvalue weighted by molar-refractivity contribution is 7.92. The average molecular weight is 416 g/mol. The monoisotopic (exact) mass is 415 g/mol. The number of piperazine rings is 1. The summed E-state index contributed by atoms with van der Waals surface area (Å²) in [5.74, 6) is -2.33. The summed E-state index contributed by atoms with van der Waals surface area (Å²) >= 11 is 6.05. The highest BCUT2D eigenvalue weighted by Crippen LogP contribution is 2.32. The Bertz CT molecular complexity index is 932. The first-order valence-corrected chi connectivity index (χ1v) is 10.4. The number of anilines is 2. The molecule has 27 heavy (non-hydrogen) atoms. The van der Waals surface area contributed by atoms with Gasteiger partial charge in [-0.15, -0.1) is 0 Å². The van der Waals surface area contributed by atoms with Crippen LogP contribution in [0.5, 0.6) is 0 Å². The second kappa shape index (κ2) is 8.00.